The molecule has 0 radical (unpaired) electrons. The van der Waals surface area contributed by atoms with E-state index in [2.05, 4.69) is 5.10 Å². The van der Waals surface area contributed by atoms with Crippen LogP contribution in [-0.2, 0) is 16.4 Å². The Morgan fingerprint density at radius 3 is 2.38 bits per heavy atom. The van der Waals surface area contributed by atoms with Gasteiger partial charge in [-0.15, -0.1) is 0 Å². The van der Waals surface area contributed by atoms with Gasteiger partial charge in [-0.25, -0.2) is 4.39 Å². The number of benzene rings is 1. The molecule has 0 amide bonds. The maximum Gasteiger partial charge on any atom is 0.497 e. The van der Waals surface area contributed by atoms with Crippen LogP contribution in [0.3, 0.4) is 0 Å². The van der Waals surface area contributed by atoms with Gasteiger partial charge in [0.1, 0.15) is 16.4 Å². The average Bonchev–Trinajstić information content (AvgIpc) is 2.82. The maximum atomic E-state index is 14.6. The fraction of sp³-hybridized carbons (Fsp3) is 0.500. The summed E-state index contributed by atoms with van der Waals surface area (Å²) in [7, 11) is 0.986. The highest BCUT2D eigenvalue weighted by Crippen LogP contribution is 2.37. The van der Waals surface area contributed by atoms with Gasteiger partial charge < -0.3 is 9.31 Å². The van der Waals surface area contributed by atoms with Crippen LogP contribution in [0.2, 0.25) is 5.02 Å². The Bertz CT molecular complexity index is 713. The Hall–Kier alpha value is -1.11. The molecule has 0 saturated carbocycles. The summed E-state index contributed by atoms with van der Waals surface area (Å²) in [5, 5.41) is 4.92. The molecule has 2 aromatic rings. The van der Waals surface area contributed by atoms with Crippen LogP contribution in [0.1, 0.15) is 27.7 Å². The smallest absolute Gasteiger partial charge is 0.399 e. The number of aromatic nitrogens is 2. The monoisotopic (exact) mass is 310 g/mol. The Morgan fingerprint density at radius 2 is 1.81 bits per heavy atom. The zero-order valence-electron chi connectivity index (χ0n) is 12.7. The van der Waals surface area contributed by atoms with Crippen molar-refractivity contribution >= 4 is 35.1 Å². The van der Waals surface area contributed by atoms with E-state index in [0.29, 0.717) is 11.0 Å². The standard InChI is InChI=1S/C14H17BClFN2O2/c1-13(2)14(3,4)21-15(20-13)9-6-8-7-19(5)18-12(8)10(16)11(9)17/h6-7H,1-5H3. The van der Waals surface area contributed by atoms with E-state index in [1.54, 1.807) is 24.0 Å². The molecule has 4 nitrogen and oxygen atoms in total. The molecule has 0 aliphatic carbocycles. The molecule has 0 bridgehead atoms. The van der Waals surface area contributed by atoms with E-state index in [4.69, 9.17) is 20.9 Å². The fourth-order valence-corrected chi connectivity index (χ4v) is 2.64. The molecule has 2 heterocycles. The minimum atomic E-state index is -0.780. The first-order chi connectivity index (χ1) is 9.62. The number of aryl methyl sites for hydroxylation is 1. The largest absolute Gasteiger partial charge is 0.497 e. The van der Waals surface area contributed by atoms with E-state index in [0.717, 1.165) is 5.39 Å². The molecule has 0 atom stereocenters. The molecule has 1 aromatic carbocycles. The van der Waals surface area contributed by atoms with Crippen molar-refractivity contribution < 1.29 is 13.7 Å². The lowest BCUT2D eigenvalue weighted by Crippen LogP contribution is -2.41. The second-order valence-electron chi connectivity index (χ2n) is 6.42. The molecule has 112 valence electrons. The molecule has 1 aliphatic rings. The average molecular weight is 311 g/mol. The van der Waals surface area contributed by atoms with Gasteiger partial charge in [0.15, 0.2) is 0 Å². The normalized spacial score (nSPS) is 20.4. The Balaban J connectivity index is 2.12. The zero-order valence-corrected chi connectivity index (χ0v) is 13.5. The van der Waals surface area contributed by atoms with Gasteiger partial charge in [0, 0.05) is 24.1 Å². The van der Waals surface area contributed by atoms with E-state index < -0.39 is 24.1 Å². The second kappa shape index (κ2) is 4.45. The topological polar surface area (TPSA) is 36.3 Å². The van der Waals surface area contributed by atoms with Gasteiger partial charge in [-0.3, -0.25) is 4.68 Å². The third kappa shape index (κ3) is 2.17. The van der Waals surface area contributed by atoms with Gasteiger partial charge in [0.2, 0.25) is 0 Å². The van der Waals surface area contributed by atoms with Crippen LogP contribution < -0.4 is 5.46 Å². The Labute approximate surface area is 128 Å². The quantitative estimate of drug-likeness (QED) is 0.760. The number of hydrogen-bond donors (Lipinski definition) is 0. The molecule has 0 unspecified atom stereocenters. The molecule has 0 N–H and O–H groups in total. The molecule has 1 fully saturated rings. The molecular formula is C14H17BClFN2O2. The van der Waals surface area contributed by atoms with Gasteiger partial charge in [0.05, 0.1) is 11.2 Å². The third-order valence-corrected chi connectivity index (χ3v) is 4.67. The summed E-state index contributed by atoms with van der Waals surface area (Å²) in [6, 6.07) is 1.69. The van der Waals surface area contributed by atoms with Gasteiger partial charge in [-0.1, -0.05) is 11.6 Å². The van der Waals surface area contributed by atoms with Crippen LogP contribution in [-0.4, -0.2) is 28.1 Å². The fourth-order valence-electron chi connectivity index (χ4n) is 2.39. The first-order valence-electron chi connectivity index (χ1n) is 6.79. The maximum absolute atomic E-state index is 14.6. The molecule has 1 aliphatic heterocycles. The second-order valence-corrected chi connectivity index (χ2v) is 6.80. The summed E-state index contributed by atoms with van der Waals surface area (Å²) in [6.45, 7) is 7.70. The van der Waals surface area contributed by atoms with Crippen LogP contribution in [0.5, 0.6) is 0 Å². The summed E-state index contributed by atoms with van der Waals surface area (Å²) in [6.07, 6.45) is 1.79. The summed E-state index contributed by atoms with van der Waals surface area (Å²) in [4.78, 5) is 0. The lowest BCUT2D eigenvalue weighted by atomic mass is 9.78. The van der Waals surface area contributed by atoms with Crippen molar-refractivity contribution in [3.05, 3.63) is 23.1 Å². The van der Waals surface area contributed by atoms with Crippen LogP contribution in [0.25, 0.3) is 10.9 Å². The number of fused-ring (bicyclic) bond motifs is 1. The first kappa shape index (κ1) is 14.8. The van der Waals surface area contributed by atoms with E-state index in [9.17, 15) is 4.39 Å². The minimum absolute atomic E-state index is 0.00203. The molecule has 3 rings (SSSR count). The van der Waals surface area contributed by atoms with E-state index >= 15 is 0 Å². The molecule has 1 aromatic heterocycles. The van der Waals surface area contributed by atoms with E-state index in [1.807, 2.05) is 27.7 Å². The van der Waals surface area contributed by atoms with Crippen LogP contribution in [0.15, 0.2) is 12.3 Å². The van der Waals surface area contributed by atoms with Crippen molar-refractivity contribution in [2.45, 2.75) is 38.9 Å². The van der Waals surface area contributed by atoms with Crippen molar-refractivity contribution in [1.82, 2.24) is 9.78 Å². The molecule has 1 saturated heterocycles. The van der Waals surface area contributed by atoms with Gasteiger partial charge in [-0.05, 0) is 33.8 Å². The minimum Gasteiger partial charge on any atom is -0.399 e. The lowest BCUT2D eigenvalue weighted by molar-refractivity contribution is 0.00578. The van der Waals surface area contributed by atoms with Crippen molar-refractivity contribution in [1.29, 1.82) is 0 Å². The molecule has 0 spiro atoms. The summed E-state index contributed by atoms with van der Waals surface area (Å²) in [5.41, 5.74) is -0.308. The van der Waals surface area contributed by atoms with Crippen molar-refractivity contribution in [2.75, 3.05) is 0 Å². The van der Waals surface area contributed by atoms with Crippen LogP contribution in [0.4, 0.5) is 4.39 Å². The highest BCUT2D eigenvalue weighted by molar-refractivity contribution is 6.63. The zero-order chi connectivity index (χ0) is 15.6. The van der Waals surface area contributed by atoms with Crippen molar-refractivity contribution in [2.24, 2.45) is 7.05 Å². The van der Waals surface area contributed by atoms with Gasteiger partial charge in [0.25, 0.3) is 0 Å². The molecular weight excluding hydrogens is 293 g/mol. The van der Waals surface area contributed by atoms with E-state index in [1.165, 1.54) is 0 Å². The van der Waals surface area contributed by atoms with Crippen LogP contribution >= 0.6 is 11.6 Å². The predicted molar refractivity (Wildman–Crippen MR) is 81.4 cm³/mol. The number of rotatable bonds is 1. The van der Waals surface area contributed by atoms with E-state index in [-0.39, 0.29) is 5.02 Å². The molecule has 21 heavy (non-hydrogen) atoms. The van der Waals surface area contributed by atoms with Crippen molar-refractivity contribution in [3.8, 4) is 0 Å². The van der Waals surface area contributed by atoms with Gasteiger partial charge >= 0.3 is 7.12 Å². The predicted octanol–water partition coefficient (Wildman–Crippen LogP) is 2.67. The highest BCUT2D eigenvalue weighted by Gasteiger charge is 2.52. The number of halogens is 2. The Morgan fingerprint density at radius 1 is 1.24 bits per heavy atom. The highest BCUT2D eigenvalue weighted by atomic mass is 35.5. The summed E-state index contributed by atoms with van der Waals surface area (Å²) < 4.78 is 27.9. The number of nitrogens with zero attached hydrogens (tertiary/aromatic N) is 2. The molecule has 7 heteroatoms. The van der Waals surface area contributed by atoms with Gasteiger partial charge in [-0.2, -0.15) is 5.10 Å². The third-order valence-electron chi connectivity index (χ3n) is 4.33. The summed E-state index contributed by atoms with van der Waals surface area (Å²) >= 11 is 6.10. The Kier molecular flexibility index (Phi) is 3.14. The number of hydrogen-bond acceptors (Lipinski definition) is 3. The van der Waals surface area contributed by atoms with Crippen LogP contribution in [0, 0.1) is 5.82 Å². The summed E-state index contributed by atoms with van der Waals surface area (Å²) in [5.74, 6) is -0.540. The SMILES string of the molecule is Cn1cc2cc(B3OC(C)(C)C(C)(C)O3)c(F)c(Cl)c2n1. The lowest BCUT2D eigenvalue weighted by Gasteiger charge is -2.32. The first-order valence-corrected chi connectivity index (χ1v) is 7.17. The van der Waals surface area contributed by atoms with Crippen molar-refractivity contribution in [3.63, 3.8) is 0 Å².